The molecule has 122 valence electrons. The Morgan fingerprint density at radius 3 is 2.29 bits per heavy atom. The van der Waals surface area contributed by atoms with Gasteiger partial charge in [0, 0.05) is 22.7 Å². The quantitative estimate of drug-likeness (QED) is 0.645. The number of fused-ring (bicyclic) bond motifs is 1. The average Bonchev–Trinajstić information content (AvgIpc) is 2.96. The van der Waals surface area contributed by atoms with Gasteiger partial charge in [0.2, 0.25) is 0 Å². The van der Waals surface area contributed by atoms with Gasteiger partial charge in [-0.1, -0.05) is 30.3 Å². The molecule has 0 atom stereocenters. The Morgan fingerprint density at radius 2 is 1.62 bits per heavy atom. The van der Waals surface area contributed by atoms with Gasteiger partial charge in [-0.05, 0) is 45.0 Å². The number of hydrogen-bond acceptors (Lipinski definition) is 3. The van der Waals surface area contributed by atoms with Gasteiger partial charge in [0.1, 0.15) is 5.60 Å². The van der Waals surface area contributed by atoms with Crippen LogP contribution in [0.2, 0.25) is 0 Å². The van der Waals surface area contributed by atoms with Crippen molar-refractivity contribution in [3.8, 4) is 0 Å². The molecule has 0 amide bonds. The molecule has 0 N–H and O–H groups in total. The number of carbonyl (C=O) groups excluding carboxylic acids is 2. The molecule has 4 heteroatoms. The molecule has 0 aliphatic carbocycles. The smallest absolute Gasteiger partial charge is 0.418 e. The van der Waals surface area contributed by atoms with Gasteiger partial charge in [-0.3, -0.25) is 9.36 Å². The molecule has 3 aromatic rings. The molecule has 0 saturated carbocycles. The van der Waals surface area contributed by atoms with E-state index in [-0.39, 0.29) is 5.78 Å². The van der Waals surface area contributed by atoms with Gasteiger partial charge in [-0.2, -0.15) is 0 Å². The molecule has 0 aliphatic rings. The van der Waals surface area contributed by atoms with E-state index in [2.05, 4.69) is 0 Å². The lowest BCUT2D eigenvalue weighted by Crippen LogP contribution is -2.26. The first kappa shape index (κ1) is 16.0. The van der Waals surface area contributed by atoms with Crippen LogP contribution in [0.25, 0.3) is 10.9 Å². The highest BCUT2D eigenvalue weighted by Gasteiger charge is 2.19. The molecule has 1 heterocycles. The lowest BCUT2D eigenvalue weighted by molar-refractivity contribution is 0.0544. The van der Waals surface area contributed by atoms with Crippen molar-refractivity contribution < 1.29 is 14.3 Å². The van der Waals surface area contributed by atoms with Crippen molar-refractivity contribution in [1.29, 1.82) is 0 Å². The molecule has 24 heavy (non-hydrogen) atoms. The number of nitrogens with zero attached hydrogens (tertiary/aromatic N) is 1. The molecule has 0 saturated heterocycles. The van der Waals surface area contributed by atoms with Crippen molar-refractivity contribution in [3.05, 3.63) is 71.9 Å². The van der Waals surface area contributed by atoms with Crippen LogP contribution in [-0.2, 0) is 4.74 Å². The summed E-state index contributed by atoms with van der Waals surface area (Å²) in [6.45, 7) is 5.48. The van der Waals surface area contributed by atoms with Crippen LogP contribution in [-0.4, -0.2) is 22.0 Å². The maximum atomic E-state index is 12.5. The van der Waals surface area contributed by atoms with Crippen molar-refractivity contribution in [1.82, 2.24) is 4.57 Å². The predicted molar refractivity (Wildman–Crippen MR) is 93.4 cm³/mol. The Labute approximate surface area is 140 Å². The van der Waals surface area contributed by atoms with Gasteiger partial charge in [0.25, 0.3) is 0 Å². The van der Waals surface area contributed by atoms with E-state index in [1.165, 1.54) is 4.57 Å². The molecule has 4 nitrogen and oxygen atoms in total. The number of aromatic nitrogens is 1. The number of ether oxygens (including phenoxy) is 1. The number of rotatable bonds is 2. The molecule has 0 radical (unpaired) electrons. The molecule has 0 unspecified atom stereocenters. The molecule has 1 aromatic heterocycles. The topological polar surface area (TPSA) is 48.3 Å². The van der Waals surface area contributed by atoms with E-state index in [0.29, 0.717) is 16.6 Å². The maximum Gasteiger partial charge on any atom is 0.418 e. The fourth-order valence-corrected chi connectivity index (χ4v) is 2.51. The lowest BCUT2D eigenvalue weighted by atomic mass is 10.0. The number of benzene rings is 2. The van der Waals surface area contributed by atoms with Gasteiger partial charge in [0.05, 0.1) is 5.52 Å². The Kier molecular flexibility index (Phi) is 3.97. The standard InChI is InChI=1S/C20H19NO3/c1-20(2,3)24-19(23)21-12-11-15-13-16(9-10-17(15)21)18(22)14-7-5-4-6-8-14/h4-13H,1-3H3. The van der Waals surface area contributed by atoms with Gasteiger partial charge < -0.3 is 4.74 Å². The summed E-state index contributed by atoms with van der Waals surface area (Å²) in [7, 11) is 0. The molecule has 0 bridgehead atoms. The fourth-order valence-electron chi connectivity index (χ4n) is 2.51. The molecule has 0 fully saturated rings. The molecule has 0 spiro atoms. The summed E-state index contributed by atoms with van der Waals surface area (Å²) >= 11 is 0. The van der Waals surface area contributed by atoms with E-state index < -0.39 is 11.7 Å². The van der Waals surface area contributed by atoms with Crippen LogP contribution in [0.4, 0.5) is 4.79 Å². The summed E-state index contributed by atoms with van der Waals surface area (Å²) in [5, 5.41) is 0.822. The number of ketones is 1. The Morgan fingerprint density at radius 1 is 0.917 bits per heavy atom. The average molecular weight is 321 g/mol. The van der Waals surface area contributed by atoms with Crippen molar-refractivity contribution in [2.24, 2.45) is 0 Å². The van der Waals surface area contributed by atoms with Gasteiger partial charge in [-0.15, -0.1) is 0 Å². The Hall–Kier alpha value is -2.88. The van der Waals surface area contributed by atoms with Gasteiger partial charge in [0.15, 0.2) is 5.78 Å². The summed E-state index contributed by atoms with van der Waals surface area (Å²) in [6, 6.07) is 16.2. The van der Waals surface area contributed by atoms with Gasteiger partial charge in [-0.25, -0.2) is 4.79 Å². The first-order chi connectivity index (χ1) is 11.3. The molecular weight excluding hydrogens is 302 g/mol. The maximum absolute atomic E-state index is 12.5. The molecule has 0 aliphatic heterocycles. The minimum atomic E-state index is -0.559. The zero-order valence-electron chi connectivity index (χ0n) is 13.9. The van der Waals surface area contributed by atoms with E-state index in [1.807, 2.05) is 39.0 Å². The Balaban J connectivity index is 1.94. The third-order valence-corrected chi connectivity index (χ3v) is 3.58. The third-order valence-electron chi connectivity index (χ3n) is 3.58. The highest BCUT2D eigenvalue weighted by Crippen LogP contribution is 2.21. The van der Waals surface area contributed by atoms with Crippen LogP contribution in [0.15, 0.2) is 60.8 Å². The zero-order valence-corrected chi connectivity index (χ0v) is 13.9. The van der Waals surface area contributed by atoms with Crippen LogP contribution in [0, 0.1) is 0 Å². The van der Waals surface area contributed by atoms with Crippen molar-refractivity contribution in [2.45, 2.75) is 26.4 Å². The summed E-state index contributed by atoms with van der Waals surface area (Å²) in [5.41, 5.74) is 1.39. The second-order valence-corrected chi connectivity index (χ2v) is 6.63. The SMILES string of the molecule is CC(C)(C)OC(=O)n1ccc2cc(C(=O)c3ccccc3)ccc21. The zero-order chi connectivity index (χ0) is 17.3. The summed E-state index contributed by atoms with van der Waals surface area (Å²) < 4.78 is 6.85. The van der Waals surface area contributed by atoms with Crippen LogP contribution < -0.4 is 0 Å². The minimum Gasteiger partial charge on any atom is -0.443 e. The van der Waals surface area contributed by atoms with E-state index in [0.717, 1.165) is 5.39 Å². The lowest BCUT2D eigenvalue weighted by Gasteiger charge is -2.19. The molecule has 3 rings (SSSR count). The highest BCUT2D eigenvalue weighted by molar-refractivity contribution is 6.10. The first-order valence-corrected chi connectivity index (χ1v) is 7.79. The summed E-state index contributed by atoms with van der Waals surface area (Å²) in [4.78, 5) is 24.8. The first-order valence-electron chi connectivity index (χ1n) is 7.79. The van der Waals surface area contributed by atoms with Crippen LogP contribution >= 0.6 is 0 Å². The van der Waals surface area contributed by atoms with E-state index >= 15 is 0 Å². The largest absolute Gasteiger partial charge is 0.443 e. The normalized spacial score (nSPS) is 11.5. The van der Waals surface area contributed by atoms with Crippen molar-refractivity contribution in [2.75, 3.05) is 0 Å². The molecule has 2 aromatic carbocycles. The van der Waals surface area contributed by atoms with E-state index in [4.69, 9.17) is 4.74 Å². The monoisotopic (exact) mass is 321 g/mol. The fraction of sp³-hybridized carbons (Fsp3) is 0.200. The second-order valence-electron chi connectivity index (χ2n) is 6.63. The highest BCUT2D eigenvalue weighted by atomic mass is 16.6. The second kappa shape index (κ2) is 5.96. The predicted octanol–water partition coefficient (Wildman–Crippen LogP) is 4.66. The summed E-state index contributed by atoms with van der Waals surface area (Å²) in [5.74, 6) is -0.0393. The van der Waals surface area contributed by atoms with E-state index in [1.54, 1.807) is 42.6 Å². The van der Waals surface area contributed by atoms with Crippen molar-refractivity contribution in [3.63, 3.8) is 0 Å². The van der Waals surface area contributed by atoms with E-state index in [9.17, 15) is 9.59 Å². The third kappa shape index (κ3) is 3.23. The van der Waals surface area contributed by atoms with Crippen molar-refractivity contribution >= 4 is 22.8 Å². The van der Waals surface area contributed by atoms with Crippen LogP contribution in [0.5, 0.6) is 0 Å². The van der Waals surface area contributed by atoms with Crippen LogP contribution in [0.1, 0.15) is 36.7 Å². The minimum absolute atomic E-state index is 0.0393. The van der Waals surface area contributed by atoms with Gasteiger partial charge >= 0.3 is 6.09 Å². The summed E-state index contributed by atoms with van der Waals surface area (Å²) in [6.07, 6.45) is 1.23. The number of carbonyl (C=O) groups is 2. The Bertz CT molecular complexity index is 902. The number of hydrogen-bond donors (Lipinski definition) is 0. The van der Waals surface area contributed by atoms with Crippen LogP contribution in [0.3, 0.4) is 0 Å². The molecular formula is C20H19NO3.